The predicted molar refractivity (Wildman–Crippen MR) is 63.1 cm³/mol. The Kier molecular flexibility index (Phi) is 4.08. The molecule has 3 heteroatoms. The monoisotopic (exact) mass is 212 g/mol. The van der Waals surface area contributed by atoms with Crippen LogP contribution in [0, 0.1) is 13.8 Å². The lowest BCUT2D eigenvalue weighted by Crippen LogP contribution is -2.22. The van der Waals surface area contributed by atoms with E-state index in [9.17, 15) is 0 Å². The molecule has 2 atom stereocenters. The van der Waals surface area contributed by atoms with Crippen LogP contribution in [0.2, 0.25) is 0 Å². The summed E-state index contributed by atoms with van der Waals surface area (Å²) in [5, 5.41) is 4.54. The van der Waals surface area contributed by atoms with Crippen molar-refractivity contribution >= 4 is 11.3 Å². The summed E-state index contributed by atoms with van der Waals surface area (Å²) in [7, 11) is 2.01. The van der Waals surface area contributed by atoms with E-state index < -0.39 is 0 Å². The lowest BCUT2D eigenvalue weighted by Gasteiger charge is -2.14. The molecular formula is C11H20N2S. The Morgan fingerprint density at radius 3 is 2.43 bits per heavy atom. The van der Waals surface area contributed by atoms with Gasteiger partial charge in [0, 0.05) is 16.8 Å². The van der Waals surface area contributed by atoms with E-state index in [4.69, 9.17) is 0 Å². The van der Waals surface area contributed by atoms with Crippen molar-refractivity contribution in [2.45, 2.75) is 46.1 Å². The summed E-state index contributed by atoms with van der Waals surface area (Å²) in [6.07, 6.45) is 1.16. The third-order valence-electron chi connectivity index (χ3n) is 2.67. The van der Waals surface area contributed by atoms with Crippen molar-refractivity contribution in [3.05, 3.63) is 15.6 Å². The molecule has 0 amide bonds. The van der Waals surface area contributed by atoms with Crippen LogP contribution in [0.25, 0.3) is 0 Å². The molecule has 0 radical (unpaired) electrons. The van der Waals surface area contributed by atoms with Gasteiger partial charge < -0.3 is 5.32 Å². The highest BCUT2D eigenvalue weighted by molar-refractivity contribution is 7.11. The Morgan fingerprint density at radius 1 is 1.36 bits per heavy atom. The summed E-state index contributed by atoms with van der Waals surface area (Å²) >= 11 is 1.84. The SMILES string of the molecule is CNC(C)CC(C)c1nc(C)c(C)s1. The maximum absolute atomic E-state index is 4.59. The fourth-order valence-corrected chi connectivity index (χ4v) is 2.44. The summed E-state index contributed by atoms with van der Waals surface area (Å²) in [6.45, 7) is 8.70. The molecule has 0 aromatic carbocycles. The number of aromatic nitrogens is 1. The summed E-state index contributed by atoms with van der Waals surface area (Å²) in [5.74, 6) is 0.565. The second-order valence-corrected chi connectivity index (χ2v) is 5.25. The van der Waals surface area contributed by atoms with Gasteiger partial charge in [0.25, 0.3) is 0 Å². The van der Waals surface area contributed by atoms with Gasteiger partial charge in [-0.2, -0.15) is 0 Å². The number of aryl methyl sites for hydroxylation is 2. The summed E-state index contributed by atoms with van der Waals surface area (Å²) < 4.78 is 0. The van der Waals surface area contributed by atoms with Gasteiger partial charge in [0.2, 0.25) is 0 Å². The van der Waals surface area contributed by atoms with Crippen LogP contribution >= 0.6 is 11.3 Å². The van der Waals surface area contributed by atoms with Crippen LogP contribution in [-0.4, -0.2) is 18.1 Å². The first-order valence-electron chi connectivity index (χ1n) is 5.15. The molecular weight excluding hydrogens is 192 g/mol. The molecule has 0 spiro atoms. The molecule has 0 bridgehead atoms. The first-order chi connectivity index (χ1) is 6.54. The van der Waals surface area contributed by atoms with E-state index in [2.05, 4.69) is 38.0 Å². The standard InChI is InChI=1S/C11H20N2S/c1-7(6-8(2)12-5)11-13-9(3)10(4)14-11/h7-8,12H,6H2,1-5H3. The van der Waals surface area contributed by atoms with Crippen molar-refractivity contribution in [2.75, 3.05) is 7.05 Å². The third-order valence-corrected chi connectivity index (χ3v) is 3.97. The van der Waals surface area contributed by atoms with Crippen LogP contribution in [0.1, 0.15) is 41.8 Å². The molecule has 2 unspecified atom stereocenters. The molecule has 0 aliphatic rings. The van der Waals surface area contributed by atoms with Gasteiger partial charge in [-0.1, -0.05) is 6.92 Å². The highest BCUT2D eigenvalue weighted by Crippen LogP contribution is 2.26. The molecule has 1 aromatic heterocycles. The first kappa shape index (κ1) is 11.7. The average Bonchev–Trinajstić information content (AvgIpc) is 2.47. The maximum Gasteiger partial charge on any atom is 0.0959 e. The first-order valence-corrected chi connectivity index (χ1v) is 5.97. The zero-order valence-corrected chi connectivity index (χ0v) is 10.5. The van der Waals surface area contributed by atoms with E-state index in [1.54, 1.807) is 0 Å². The quantitative estimate of drug-likeness (QED) is 0.830. The minimum absolute atomic E-state index is 0.564. The fraction of sp³-hybridized carbons (Fsp3) is 0.727. The molecule has 1 heterocycles. The zero-order valence-electron chi connectivity index (χ0n) is 9.72. The van der Waals surface area contributed by atoms with E-state index in [1.165, 1.54) is 15.6 Å². The number of hydrogen-bond acceptors (Lipinski definition) is 3. The Balaban J connectivity index is 2.64. The van der Waals surface area contributed by atoms with Crippen molar-refractivity contribution in [3.8, 4) is 0 Å². The molecule has 1 rings (SSSR count). The molecule has 1 aromatic rings. The van der Waals surface area contributed by atoms with Crippen molar-refractivity contribution < 1.29 is 0 Å². The number of hydrogen-bond donors (Lipinski definition) is 1. The molecule has 0 aliphatic heterocycles. The van der Waals surface area contributed by atoms with Gasteiger partial charge in [0.15, 0.2) is 0 Å². The highest BCUT2D eigenvalue weighted by Gasteiger charge is 2.13. The van der Waals surface area contributed by atoms with Crippen LogP contribution in [0.5, 0.6) is 0 Å². The molecule has 0 fully saturated rings. The van der Waals surface area contributed by atoms with Crippen molar-refractivity contribution in [2.24, 2.45) is 0 Å². The van der Waals surface area contributed by atoms with Gasteiger partial charge in [-0.3, -0.25) is 0 Å². The van der Waals surface area contributed by atoms with E-state index in [0.717, 1.165) is 6.42 Å². The maximum atomic E-state index is 4.59. The van der Waals surface area contributed by atoms with Crippen LogP contribution < -0.4 is 5.32 Å². The molecule has 0 saturated carbocycles. The normalized spacial score (nSPS) is 15.5. The summed E-state index contributed by atoms with van der Waals surface area (Å²) in [4.78, 5) is 5.94. The minimum Gasteiger partial charge on any atom is -0.317 e. The summed E-state index contributed by atoms with van der Waals surface area (Å²) in [6, 6.07) is 0.564. The minimum atomic E-state index is 0.564. The van der Waals surface area contributed by atoms with E-state index >= 15 is 0 Å². The fourth-order valence-electron chi connectivity index (χ4n) is 1.46. The van der Waals surface area contributed by atoms with E-state index in [-0.39, 0.29) is 0 Å². The Hall–Kier alpha value is -0.410. The van der Waals surface area contributed by atoms with Gasteiger partial charge >= 0.3 is 0 Å². The molecule has 1 N–H and O–H groups in total. The second-order valence-electron chi connectivity index (χ2n) is 4.02. The number of rotatable bonds is 4. The van der Waals surface area contributed by atoms with Gasteiger partial charge in [0.1, 0.15) is 0 Å². The second kappa shape index (κ2) is 4.89. The van der Waals surface area contributed by atoms with Gasteiger partial charge in [-0.05, 0) is 34.2 Å². The molecule has 14 heavy (non-hydrogen) atoms. The van der Waals surface area contributed by atoms with Gasteiger partial charge in [-0.15, -0.1) is 11.3 Å². The molecule has 0 saturated heterocycles. The third kappa shape index (κ3) is 2.79. The van der Waals surface area contributed by atoms with Gasteiger partial charge in [-0.25, -0.2) is 4.98 Å². The van der Waals surface area contributed by atoms with Crippen LogP contribution in [0.4, 0.5) is 0 Å². The largest absolute Gasteiger partial charge is 0.317 e. The van der Waals surface area contributed by atoms with Gasteiger partial charge in [0.05, 0.1) is 10.7 Å². The van der Waals surface area contributed by atoms with E-state index in [1.807, 2.05) is 18.4 Å². The van der Waals surface area contributed by atoms with Crippen LogP contribution in [-0.2, 0) is 0 Å². The topological polar surface area (TPSA) is 24.9 Å². The number of thiazole rings is 1. The van der Waals surface area contributed by atoms with E-state index in [0.29, 0.717) is 12.0 Å². The number of nitrogens with one attached hydrogen (secondary N) is 1. The number of nitrogens with zero attached hydrogens (tertiary/aromatic N) is 1. The Morgan fingerprint density at radius 2 is 2.00 bits per heavy atom. The predicted octanol–water partition coefficient (Wildman–Crippen LogP) is 2.86. The highest BCUT2D eigenvalue weighted by atomic mass is 32.1. The van der Waals surface area contributed by atoms with Crippen molar-refractivity contribution in [3.63, 3.8) is 0 Å². The lowest BCUT2D eigenvalue weighted by atomic mass is 10.0. The Bertz CT molecular complexity index is 274. The van der Waals surface area contributed by atoms with Crippen molar-refractivity contribution in [1.82, 2.24) is 10.3 Å². The molecule has 0 aliphatic carbocycles. The zero-order chi connectivity index (χ0) is 10.7. The summed E-state index contributed by atoms with van der Waals surface area (Å²) in [5.41, 5.74) is 1.19. The van der Waals surface area contributed by atoms with Crippen LogP contribution in [0.3, 0.4) is 0 Å². The smallest absolute Gasteiger partial charge is 0.0959 e. The Labute approximate surface area is 90.8 Å². The average molecular weight is 212 g/mol. The molecule has 2 nitrogen and oxygen atoms in total. The van der Waals surface area contributed by atoms with Crippen molar-refractivity contribution in [1.29, 1.82) is 0 Å². The lowest BCUT2D eigenvalue weighted by molar-refractivity contribution is 0.514. The molecule has 80 valence electrons. The van der Waals surface area contributed by atoms with Crippen LogP contribution in [0.15, 0.2) is 0 Å².